The van der Waals surface area contributed by atoms with E-state index in [2.05, 4.69) is 22.6 Å². The van der Waals surface area contributed by atoms with Crippen LogP contribution in [-0.4, -0.2) is 23.4 Å². The second-order valence-electron chi connectivity index (χ2n) is 3.14. The normalized spacial score (nSPS) is 11.3. The minimum Gasteiger partial charge on any atom is -0.319 e. The van der Waals surface area contributed by atoms with Crippen molar-refractivity contribution in [1.29, 1.82) is 0 Å². The summed E-state index contributed by atoms with van der Waals surface area (Å²) < 4.78 is 1.84. The zero-order chi connectivity index (χ0) is 9.68. The maximum absolute atomic E-state index is 4.26. The summed E-state index contributed by atoms with van der Waals surface area (Å²) in [4.78, 5) is 0. The summed E-state index contributed by atoms with van der Waals surface area (Å²) >= 11 is 0. The van der Waals surface area contributed by atoms with Crippen molar-refractivity contribution in [3.8, 4) is 0 Å². The molecule has 0 aliphatic carbocycles. The van der Waals surface area contributed by atoms with Gasteiger partial charge >= 0.3 is 0 Å². The summed E-state index contributed by atoms with van der Waals surface area (Å²) in [6.45, 7) is 3.05. The van der Waals surface area contributed by atoms with E-state index in [1.54, 1.807) is 0 Å². The molecule has 0 aliphatic rings. The van der Waals surface area contributed by atoms with E-state index in [4.69, 9.17) is 0 Å². The third kappa shape index (κ3) is 3.03. The fourth-order valence-electron chi connectivity index (χ4n) is 1.22. The van der Waals surface area contributed by atoms with Gasteiger partial charge in [-0.15, -0.1) is 0 Å². The minimum atomic E-state index is 1.02. The van der Waals surface area contributed by atoms with Gasteiger partial charge < -0.3 is 5.32 Å². The monoisotopic (exact) mass is 179 g/mol. The Morgan fingerprint density at radius 1 is 1.62 bits per heavy atom. The number of aryl methyl sites for hydroxylation is 2. The van der Waals surface area contributed by atoms with Crippen molar-refractivity contribution >= 4 is 6.08 Å². The Morgan fingerprint density at radius 2 is 2.38 bits per heavy atom. The number of aromatic nitrogens is 2. The fraction of sp³-hybridized carbons (Fsp3) is 0.500. The standard InChI is InChI=1S/C10H17N3/c1-9-10(8-13(3)12-9)6-4-5-7-11-2/h4,6,8,11H,5,7H2,1-3H3. The molecule has 13 heavy (non-hydrogen) atoms. The fourth-order valence-corrected chi connectivity index (χ4v) is 1.22. The first-order chi connectivity index (χ1) is 6.24. The number of hydrogen-bond donors (Lipinski definition) is 1. The lowest BCUT2D eigenvalue weighted by atomic mass is 10.2. The van der Waals surface area contributed by atoms with Gasteiger partial charge in [-0.1, -0.05) is 12.2 Å². The van der Waals surface area contributed by atoms with Crippen molar-refractivity contribution < 1.29 is 0 Å². The molecule has 0 saturated heterocycles. The predicted molar refractivity (Wildman–Crippen MR) is 55.5 cm³/mol. The van der Waals surface area contributed by atoms with Gasteiger partial charge in [0.15, 0.2) is 0 Å². The minimum absolute atomic E-state index is 1.02. The Kier molecular flexibility index (Phi) is 3.71. The van der Waals surface area contributed by atoms with Gasteiger partial charge in [0.1, 0.15) is 0 Å². The highest BCUT2D eigenvalue weighted by atomic mass is 15.2. The lowest BCUT2D eigenvalue weighted by Gasteiger charge is -1.91. The van der Waals surface area contributed by atoms with Gasteiger partial charge in [0.05, 0.1) is 5.69 Å². The van der Waals surface area contributed by atoms with Crippen LogP contribution in [0.15, 0.2) is 12.3 Å². The highest BCUT2D eigenvalue weighted by Gasteiger charge is 1.96. The van der Waals surface area contributed by atoms with E-state index in [0.717, 1.165) is 18.7 Å². The summed E-state index contributed by atoms with van der Waals surface area (Å²) in [5, 5.41) is 7.36. The van der Waals surface area contributed by atoms with E-state index in [-0.39, 0.29) is 0 Å². The lowest BCUT2D eigenvalue weighted by molar-refractivity contribution is 0.756. The molecule has 1 N–H and O–H groups in total. The number of rotatable bonds is 4. The van der Waals surface area contributed by atoms with Crippen molar-refractivity contribution in [2.75, 3.05) is 13.6 Å². The topological polar surface area (TPSA) is 29.9 Å². The highest BCUT2D eigenvalue weighted by molar-refractivity contribution is 5.50. The zero-order valence-electron chi connectivity index (χ0n) is 8.54. The molecule has 0 unspecified atom stereocenters. The van der Waals surface area contributed by atoms with Crippen LogP contribution in [0.1, 0.15) is 17.7 Å². The average molecular weight is 179 g/mol. The Morgan fingerprint density at radius 3 is 2.92 bits per heavy atom. The molecule has 0 amide bonds. The highest BCUT2D eigenvalue weighted by Crippen LogP contribution is 2.06. The molecule has 1 rings (SSSR count). The van der Waals surface area contributed by atoms with E-state index >= 15 is 0 Å². The molecule has 0 bridgehead atoms. The van der Waals surface area contributed by atoms with Crippen molar-refractivity contribution in [2.24, 2.45) is 7.05 Å². The number of nitrogens with zero attached hydrogens (tertiary/aromatic N) is 2. The summed E-state index contributed by atoms with van der Waals surface area (Å²) in [5.41, 5.74) is 2.29. The summed E-state index contributed by atoms with van der Waals surface area (Å²) in [7, 11) is 3.90. The first-order valence-corrected chi connectivity index (χ1v) is 4.55. The Bertz CT molecular complexity index is 286. The number of hydrogen-bond acceptors (Lipinski definition) is 2. The van der Waals surface area contributed by atoms with E-state index < -0.39 is 0 Å². The van der Waals surface area contributed by atoms with Crippen LogP contribution in [0.2, 0.25) is 0 Å². The molecule has 1 aromatic heterocycles. The first-order valence-electron chi connectivity index (χ1n) is 4.55. The van der Waals surface area contributed by atoms with Gasteiger partial charge in [-0.25, -0.2) is 0 Å². The van der Waals surface area contributed by atoms with Crippen LogP contribution in [0.25, 0.3) is 6.08 Å². The van der Waals surface area contributed by atoms with Crippen LogP contribution in [0.3, 0.4) is 0 Å². The Labute approximate surface area is 79.5 Å². The van der Waals surface area contributed by atoms with Gasteiger partial charge in [-0.2, -0.15) is 5.10 Å². The molecule has 3 heteroatoms. The van der Waals surface area contributed by atoms with Gasteiger partial charge in [0, 0.05) is 18.8 Å². The van der Waals surface area contributed by atoms with Crippen LogP contribution in [0.5, 0.6) is 0 Å². The molecule has 0 aromatic carbocycles. The Balaban J connectivity index is 2.53. The molecule has 3 nitrogen and oxygen atoms in total. The predicted octanol–water partition coefficient (Wildman–Crippen LogP) is 1.35. The molecule has 1 aromatic rings. The summed E-state index contributed by atoms with van der Waals surface area (Å²) in [5.74, 6) is 0. The molecular formula is C10H17N3. The largest absolute Gasteiger partial charge is 0.319 e. The van der Waals surface area contributed by atoms with Crippen LogP contribution in [0, 0.1) is 6.92 Å². The molecule has 0 atom stereocenters. The van der Waals surface area contributed by atoms with Crippen molar-refractivity contribution in [2.45, 2.75) is 13.3 Å². The molecule has 0 spiro atoms. The van der Waals surface area contributed by atoms with Crippen LogP contribution in [-0.2, 0) is 7.05 Å². The van der Waals surface area contributed by atoms with Gasteiger partial charge in [0.25, 0.3) is 0 Å². The molecular weight excluding hydrogens is 162 g/mol. The second-order valence-corrected chi connectivity index (χ2v) is 3.14. The van der Waals surface area contributed by atoms with Crippen LogP contribution >= 0.6 is 0 Å². The molecule has 1 heterocycles. The smallest absolute Gasteiger partial charge is 0.0665 e. The number of nitrogens with one attached hydrogen (secondary N) is 1. The van der Waals surface area contributed by atoms with E-state index in [1.807, 2.05) is 31.9 Å². The second kappa shape index (κ2) is 4.82. The van der Waals surface area contributed by atoms with Gasteiger partial charge in [-0.05, 0) is 26.9 Å². The molecule has 0 radical (unpaired) electrons. The average Bonchev–Trinajstić information content (AvgIpc) is 2.39. The maximum Gasteiger partial charge on any atom is 0.0665 e. The van der Waals surface area contributed by atoms with Crippen molar-refractivity contribution in [3.63, 3.8) is 0 Å². The lowest BCUT2D eigenvalue weighted by Crippen LogP contribution is -2.05. The zero-order valence-corrected chi connectivity index (χ0v) is 8.54. The quantitative estimate of drug-likeness (QED) is 0.707. The van der Waals surface area contributed by atoms with E-state index in [1.165, 1.54) is 5.56 Å². The first kappa shape index (κ1) is 9.99. The van der Waals surface area contributed by atoms with Gasteiger partial charge in [-0.3, -0.25) is 4.68 Å². The summed E-state index contributed by atoms with van der Waals surface area (Å²) in [6, 6.07) is 0. The summed E-state index contributed by atoms with van der Waals surface area (Å²) in [6.07, 6.45) is 7.39. The van der Waals surface area contributed by atoms with E-state index in [9.17, 15) is 0 Å². The van der Waals surface area contributed by atoms with Crippen molar-refractivity contribution in [1.82, 2.24) is 15.1 Å². The van der Waals surface area contributed by atoms with Gasteiger partial charge in [0.2, 0.25) is 0 Å². The third-order valence-electron chi connectivity index (χ3n) is 1.91. The SMILES string of the molecule is CNCCC=Cc1cn(C)nc1C. The van der Waals surface area contributed by atoms with Crippen LogP contribution < -0.4 is 5.32 Å². The Hall–Kier alpha value is -1.09. The van der Waals surface area contributed by atoms with Crippen LogP contribution in [0.4, 0.5) is 0 Å². The molecule has 0 fully saturated rings. The molecule has 0 aliphatic heterocycles. The molecule has 0 saturated carbocycles. The van der Waals surface area contributed by atoms with E-state index in [0.29, 0.717) is 0 Å². The molecule has 72 valence electrons. The maximum atomic E-state index is 4.26. The third-order valence-corrected chi connectivity index (χ3v) is 1.91. The van der Waals surface area contributed by atoms with Crippen molar-refractivity contribution in [3.05, 3.63) is 23.5 Å².